The maximum atomic E-state index is 9.51. The number of aromatic nitrogens is 3. The number of aliphatic imine (C=N–C) groups is 1. The molecule has 3 rings (SSSR count). The lowest BCUT2D eigenvalue weighted by Gasteiger charge is -2.29. The van der Waals surface area contributed by atoms with Crippen molar-refractivity contribution >= 4 is 23.5 Å². The highest BCUT2D eigenvalue weighted by molar-refractivity contribution is 5.72. The molecule has 0 radical (unpaired) electrons. The summed E-state index contributed by atoms with van der Waals surface area (Å²) in [6.07, 6.45) is 6.36. The van der Waals surface area contributed by atoms with Gasteiger partial charge in [-0.15, -0.1) is 0 Å². The smallest absolute Gasteiger partial charge is 0.163 e. The zero-order chi connectivity index (χ0) is 21.0. The molecule has 0 saturated heterocycles. The first-order valence-electron chi connectivity index (χ1n) is 9.88. The predicted molar refractivity (Wildman–Crippen MR) is 114 cm³/mol. The SMILES string of the molecule is CCc1c(C)nn2c(N)c(C#N)c(NCCC(N)=CC=NCC3CC(O)C3)nc12. The molecule has 2 aromatic rings. The van der Waals surface area contributed by atoms with Crippen molar-refractivity contribution in [2.24, 2.45) is 16.6 Å². The minimum Gasteiger partial charge on any atom is -0.402 e. The Labute approximate surface area is 170 Å². The number of rotatable bonds is 8. The summed E-state index contributed by atoms with van der Waals surface area (Å²) in [4.78, 5) is 8.93. The Bertz CT molecular complexity index is 979. The van der Waals surface area contributed by atoms with E-state index in [0.717, 1.165) is 37.1 Å². The minimum atomic E-state index is -0.151. The van der Waals surface area contributed by atoms with Crippen molar-refractivity contribution < 1.29 is 5.11 Å². The number of anilines is 2. The fraction of sp³-hybridized carbons (Fsp3) is 0.500. The summed E-state index contributed by atoms with van der Waals surface area (Å²) < 4.78 is 1.53. The normalized spacial score (nSPS) is 19.4. The molecule has 0 amide bonds. The van der Waals surface area contributed by atoms with E-state index in [-0.39, 0.29) is 17.5 Å². The summed E-state index contributed by atoms with van der Waals surface area (Å²) in [7, 11) is 0. The van der Waals surface area contributed by atoms with E-state index in [1.807, 2.05) is 13.8 Å². The number of aryl methyl sites for hydroxylation is 2. The van der Waals surface area contributed by atoms with Crippen LogP contribution in [-0.4, -0.2) is 45.1 Å². The van der Waals surface area contributed by atoms with E-state index in [1.54, 1.807) is 12.3 Å². The van der Waals surface area contributed by atoms with Gasteiger partial charge in [-0.2, -0.15) is 14.9 Å². The lowest BCUT2D eigenvalue weighted by atomic mass is 9.83. The molecule has 6 N–H and O–H groups in total. The second kappa shape index (κ2) is 8.92. The molecule has 0 bridgehead atoms. The van der Waals surface area contributed by atoms with Gasteiger partial charge < -0.3 is 21.9 Å². The fourth-order valence-corrected chi connectivity index (χ4v) is 3.49. The van der Waals surface area contributed by atoms with Gasteiger partial charge in [-0.05, 0) is 38.2 Å². The molecule has 1 aliphatic carbocycles. The number of aliphatic hydroxyl groups excluding tert-OH is 1. The summed E-state index contributed by atoms with van der Waals surface area (Å²) >= 11 is 0. The van der Waals surface area contributed by atoms with Gasteiger partial charge in [0.25, 0.3) is 0 Å². The van der Waals surface area contributed by atoms with Crippen LogP contribution in [0.1, 0.15) is 43.0 Å². The van der Waals surface area contributed by atoms with E-state index in [2.05, 4.69) is 26.5 Å². The quantitative estimate of drug-likeness (QED) is 0.494. The van der Waals surface area contributed by atoms with Crippen LogP contribution in [0.15, 0.2) is 16.8 Å². The lowest BCUT2D eigenvalue weighted by molar-refractivity contribution is 0.0472. The minimum absolute atomic E-state index is 0.151. The number of hydrogen-bond donors (Lipinski definition) is 4. The lowest BCUT2D eigenvalue weighted by Crippen LogP contribution is -2.30. The van der Waals surface area contributed by atoms with Gasteiger partial charge in [-0.3, -0.25) is 4.99 Å². The molecular formula is C20H28N8O. The average molecular weight is 396 g/mol. The van der Waals surface area contributed by atoms with Gasteiger partial charge in [0.1, 0.15) is 23.3 Å². The van der Waals surface area contributed by atoms with E-state index in [4.69, 9.17) is 11.5 Å². The van der Waals surface area contributed by atoms with Crippen LogP contribution in [0, 0.1) is 24.2 Å². The molecule has 0 unspecified atom stereocenters. The Hall–Kier alpha value is -3.12. The standard InChI is InChI=1S/C20H28N8O/c1-3-16-12(2)27-28-18(23)17(10-21)19(26-20(16)28)25-7-5-14(22)4-6-24-11-13-8-15(29)9-13/h4,6,13,15,29H,3,5,7-9,11,22-23H2,1-2H3,(H,25,26). The largest absolute Gasteiger partial charge is 0.402 e. The first-order valence-corrected chi connectivity index (χ1v) is 9.88. The van der Waals surface area contributed by atoms with Gasteiger partial charge >= 0.3 is 0 Å². The van der Waals surface area contributed by atoms with Crippen LogP contribution in [0.2, 0.25) is 0 Å². The van der Waals surface area contributed by atoms with Crippen molar-refractivity contribution in [2.45, 2.75) is 45.6 Å². The third-order valence-electron chi connectivity index (χ3n) is 5.24. The molecule has 9 nitrogen and oxygen atoms in total. The summed E-state index contributed by atoms with van der Waals surface area (Å²) in [5.74, 6) is 1.20. The molecule has 2 heterocycles. The van der Waals surface area contributed by atoms with E-state index >= 15 is 0 Å². The Morgan fingerprint density at radius 1 is 1.48 bits per heavy atom. The zero-order valence-corrected chi connectivity index (χ0v) is 16.9. The van der Waals surface area contributed by atoms with Crippen LogP contribution in [0.4, 0.5) is 11.6 Å². The van der Waals surface area contributed by atoms with Crippen LogP contribution in [0.3, 0.4) is 0 Å². The van der Waals surface area contributed by atoms with Gasteiger partial charge in [0, 0.05) is 37.0 Å². The predicted octanol–water partition coefficient (Wildman–Crippen LogP) is 1.54. The Balaban J connectivity index is 1.63. The topological polar surface area (TPSA) is 151 Å². The van der Waals surface area contributed by atoms with Gasteiger partial charge in [0.05, 0.1) is 11.8 Å². The summed E-state index contributed by atoms with van der Waals surface area (Å²) in [5, 5.41) is 26.4. The molecule has 2 aromatic heterocycles. The summed E-state index contributed by atoms with van der Waals surface area (Å²) in [6, 6.07) is 2.11. The number of fused-ring (bicyclic) bond motifs is 1. The maximum Gasteiger partial charge on any atom is 0.163 e. The van der Waals surface area contributed by atoms with E-state index in [0.29, 0.717) is 36.0 Å². The van der Waals surface area contributed by atoms with Crippen LogP contribution in [0.25, 0.3) is 5.65 Å². The first-order chi connectivity index (χ1) is 13.9. The molecule has 1 aliphatic rings. The van der Waals surface area contributed by atoms with E-state index in [1.165, 1.54) is 4.52 Å². The van der Waals surface area contributed by atoms with E-state index in [9.17, 15) is 10.4 Å². The van der Waals surface area contributed by atoms with Gasteiger partial charge in [0.2, 0.25) is 0 Å². The summed E-state index contributed by atoms with van der Waals surface area (Å²) in [6.45, 7) is 5.18. The number of hydrogen-bond acceptors (Lipinski definition) is 8. The molecule has 0 spiro atoms. The molecular weight excluding hydrogens is 368 g/mol. The monoisotopic (exact) mass is 396 g/mol. The highest BCUT2D eigenvalue weighted by atomic mass is 16.3. The highest BCUT2D eigenvalue weighted by Gasteiger charge is 2.26. The van der Waals surface area contributed by atoms with Crippen LogP contribution < -0.4 is 16.8 Å². The molecule has 0 aromatic carbocycles. The van der Waals surface area contributed by atoms with Gasteiger partial charge in [0.15, 0.2) is 5.65 Å². The molecule has 0 atom stereocenters. The van der Waals surface area contributed by atoms with Crippen LogP contribution in [0.5, 0.6) is 0 Å². The third-order valence-corrected chi connectivity index (χ3v) is 5.24. The van der Waals surface area contributed by atoms with Gasteiger partial charge in [-0.25, -0.2) is 4.98 Å². The van der Waals surface area contributed by atoms with Gasteiger partial charge in [-0.1, -0.05) is 6.92 Å². The molecule has 1 fully saturated rings. The molecule has 9 heteroatoms. The van der Waals surface area contributed by atoms with Crippen molar-refractivity contribution in [1.82, 2.24) is 14.6 Å². The summed E-state index contributed by atoms with van der Waals surface area (Å²) in [5.41, 5.74) is 15.7. The number of aliphatic hydroxyl groups is 1. The molecule has 154 valence electrons. The second-order valence-electron chi connectivity index (χ2n) is 7.41. The number of nitrogen functional groups attached to an aromatic ring is 1. The highest BCUT2D eigenvalue weighted by Crippen LogP contribution is 2.27. The number of nitrogens with two attached hydrogens (primary N) is 2. The maximum absolute atomic E-state index is 9.51. The average Bonchev–Trinajstić information content (AvgIpc) is 2.99. The van der Waals surface area contributed by atoms with Crippen LogP contribution in [-0.2, 0) is 6.42 Å². The van der Waals surface area contributed by atoms with Crippen molar-refractivity contribution in [1.29, 1.82) is 5.26 Å². The van der Waals surface area contributed by atoms with Crippen molar-refractivity contribution in [3.63, 3.8) is 0 Å². The van der Waals surface area contributed by atoms with Crippen LogP contribution >= 0.6 is 0 Å². The number of nitrogens with zero attached hydrogens (tertiary/aromatic N) is 5. The zero-order valence-electron chi connectivity index (χ0n) is 16.9. The molecule has 0 aliphatic heterocycles. The number of allylic oxidation sites excluding steroid dienone is 1. The van der Waals surface area contributed by atoms with E-state index < -0.39 is 0 Å². The number of nitrogens with one attached hydrogen (secondary N) is 1. The molecule has 1 saturated carbocycles. The Morgan fingerprint density at radius 2 is 2.24 bits per heavy atom. The fourth-order valence-electron chi connectivity index (χ4n) is 3.49. The van der Waals surface area contributed by atoms with Crippen molar-refractivity contribution in [3.8, 4) is 6.07 Å². The Kier molecular flexibility index (Phi) is 6.34. The first kappa shape index (κ1) is 20.6. The second-order valence-corrected chi connectivity index (χ2v) is 7.41. The Morgan fingerprint density at radius 3 is 2.90 bits per heavy atom. The van der Waals surface area contributed by atoms with Crippen molar-refractivity contribution in [3.05, 3.63) is 28.6 Å². The number of nitriles is 1. The molecule has 29 heavy (non-hydrogen) atoms. The third kappa shape index (κ3) is 4.49. The van der Waals surface area contributed by atoms with Crippen molar-refractivity contribution in [2.75, 3.05) is 24.1 Å².